The third-order valence-electron chi connectivity index (χ3n) is 2.74. The Kier molecular flexibility index (Phi) is 4.07. The first kappa shape index (κ1) is 12.3. The van der Waals surface area contributed by atoms with Crippen molar-refractivity contribution in [1.29, 1.82) is 5.26 Å². The van der Waals surface area contributed by atoms with Crippen LogP contribution >= 0.6 is 0 Å². The SMILES string of the molecule is CCC(C#N)C(=O)Nc1cccc(C)c1C. The highest BCUT2D eigenvalue weighted by Gasteiger charge is 2.16. The van der Waals surface area contributed by atoms with Gasteiger partial charge in [0, 0.05) is 5.69 Å². The predicted octanol–water partition coefficient (Wildman–Crippen LogP) is 2.79. The molecule has 0 radical (unpaired) electrons. The van der Waals surface area contributed by atoms with Crippen molar-refractivity contribution in [3.63, 3.8) is 0 Å². The van der Waals surface area contributed by atoms with Gasteiger partial charge in [-0.15, -0.1) is 0 Å². The van der Waals surface area contributed by atoms with E-state index in [9.17, 15) is 4.79 Å². The zero-order chi connectivity index (χ0) is 12.1. The van der Waals surface area contributed by atoms with Gasteiger partial charge in [-0.25, -0.2) is 0 Å². The van der Waals surface area contributed by atoms with Gasteiger partial charge in [0.25, 0.3) is 0 Å². The van der Waals surface area contributed by atoms with Crippen molar-refractivity contribution in [2.45, 2.75) is 27.2 Å². The number of hydrogen-bond donors (Lipinski definition) is 1. The fourth-order valence-electron chi connectivity index (χ4n) is 1.44. The third kappa shape index (κ3) is 2.60. The molecule has 1 atom stereocenters. The van der Waals surface area contributed by atoms with Crippen molar-refractivity contribution in [3.8, 4) is 6.07 Å². The molecule has 0 aliphatic heterocycles. The molecule has 0 saturated carbocycles. The average Bonchev–Trinajstić information content (AvgIpc) is 2.26. The Labute approximate surface area is 96.1 Å². The van der Waals surface area contributed by atoms with Gasteiger partial charge < -0.3 is 5.32 Å². The number of amides is 1. The highest BCUT2D eigenvalue weighted by Crippen LogP contribution is 2.19. The quantitative estimate of drug-likeness (QED) is 0.844. The zero-order valence-electron chi connectivity index (χ0n) is 9.87. The molecule has 1 amide bonds. The van der Waals surface area contributed by atoms with E-state index in [1.165, 1.54) is 0 Å². The molecule has 0 aliphatic rings. The lowest BCUT2D eigenvalue weighted by molar-refractivity contribution is -0.118. The van der Waals surface area contributed by atoms with Crippen LogP contribution in [0.15, 0.2) is 18.2 Å². The van der Waals surface area contributed by atoms with E-state index in [-0.39, 0.29) is 5.91 Å². The minimum absolute atomic E-state index is 0.223. The number of benzene rings is 1. The second-order valence-corrected chi connectivity index (χ2v) is 3.83. The molecule has 0 aromatic heterocycles. The highest BCUT2D eigenvalue weighted by atomic mass is 16.1. The van der Waals surface area contributed by atoms with Crippen LogP contribution in [0.5, 0.6) is 0 Å². The molecule has 1 unspecified atom stereocenters. The molecule has 3 heteroatoms. The first-order valence-corrected chi connectivity index (χ1v) is 5.36. The van der Waals surface area contributed by atoms with Gasteiger partial charge in [0.1, 0.15) is 5.92 Å². The van der Waals surface area contributed by atoms with Crippen LogP contribution in [0.4, 0.5) is 5.69 Å². The molecule has 1 rings (SSSR count). The molecular formula is C13H16N2O. The van der Waals surface area contributed by atoms with Crippen LogP contribution in [0.2, 0.25) is 0 Å². The Balaban J connectivity index is 2.86. The van der Waals surface area contributed by atoms with Crippen LogP contribution in [0.1, 0.15) is 24.5 Å². The van der Waals surface area contributed by atoms with Crippen molar-refractivity contribution < 1.29 is 4.79 Å². The second kappa shape index (κ2) is 5.32. The summed E-state index contributed by atoms with van der Waals surface area (Å²) < 4.78 is 0. The molecule has 0 heterocycles. The predicted molar refractivity (Wildman–Crippen MR) is 63.9 cm³/mol. The number of carbonyl (C=O) groups excluding carboxylic acids is 1. The number of aryl methyl sites for hydroxylation is 1. The molecule has 84 valence electrons. The lowest BCUT2D eigenvalue weighted by atomic mass is 10.1. The number of carbonyl (C=O) groups is 1. The van der Waals surface area contributed by atoms with Gasteiger partial charge in [-0.3, -0.25) is 4.79 Å². The fourth-order valence-corrected chi connectivity index (χ4v) is 1.44. The minimum Gasteiger partial charge on any atom is -0.325 e. The van der Waals surface area contributed by atoms with Gasteiger partial charge in [0.2, 0.25) is 5.91 Å². The van der Waals surface area contributed by atoms with Gasteiger partial charge in [-0.05, 0) is 37.5 Å². The van der Waals surface area contributed by atoms with E-state index in [1.807, 2.05) is 45.0 Å². The van der Waals surface area contributed by atoms with Crippen LogP contribution in [0.3, 0.4) is 0 Å². The molecule has 0 bridgehead atoms. The van der Waals surface area contributed by atoms with E-state index in [0.29, 0.717) is 6.42 Å². The Bertz CT molecular complexity index is 432. The van der Waals surface area contributed by atoms with E-state index >= 15 is 0 Å². The Hall–Kier alpha value is -1.82. The molecule has 0 spiro atoms. The maximum absolute atomic E-state index is 11.7. The molecule has 1 aromatic carbocycles. The molecule has 3 nitrogen and oxygen atoms in total. The summed E-state index contributed by atoms with van der Waals surface area (Å²) >= 11 is 0. The summed E-state index contributed by atoms with van der Waals surface area (Å²) in [5.74, 6) is -0.793. The third-order valence-corrected chi connectivity index (χ3v) is 2.74. The lowest BCUT2D eigenvalue weighted by Gasteiger charge is -2.12. The summed E-state index contributed by atoms with van der Waals surface area (Å²) in [6, 6.07) is 7.73. The summed E-state index contributed by atoms with van der Waals surface area (Å²) in [4.78, 5) is 11.7. The van der Waals surface area contributed by atoms with Crippen LogP contribution in [0.25, 0.3) is 0 Å². The molecule has 16 heavy (non-hydrogen) atoms. The van der Waals surface area contributed by atoms with Crippen molar-refractivity contribution >= 4 is 11.6 Å². The number of nitrogens with zero attached hydrogens (tertiary/aromatic N) is 1. The lowest BCUT2D eigenvalue weighted by Crippen LogP contribution is -2.21. The van der Waals surface area contributed by atoms with Gasteiger partial charge in [-0.1, -0.05) is 19.1 Å². The second-order valence-electron chi connectivity index (χ2n) is 3.83. The highest BCUT2D eigenvalue weighted by molar-refractivity contribution is 5.94. The Morgan fingerprint density at radius 1 is 1.50 bits per heavy atom. The monoisotopic (exact) mass is 216 g/mol. The fraction of sp³-hybridized carbons (Fsp3) is 0.385. The zero-order valence-corrected chi connectivity index (χ0v) is 9.87. The summed E-state index contributed by atoms with van der Waals surface area (Å²) in [7, 11) is 0. The van der Waals surface area contributed by atoms with Crippen molar-refractivity contribution in [1.82, 2.24) is 0 Å². The van der Waals surface area contributed by atoms with Crippen LogP contribution in [-0.2, 0) is 4.79 Å². The topological polar surface area (TPSA) is 52.9 Å². The molecule has 1 aromatic rings. The van der Waals surface area contributed by atoms with E-state index in [2.05, 4.69) is 5.32 Å². The Morgan fingerprint density at radius 2 is 2.19 bits per heavy atom. The van der Waals surface area contributed by atoms with Crippen molar-refractivity contribution in [2.24, 2.45) is 5.92 Å². The van der Waals surface area contributed by atoms with Gasteiger partial charge in [0.15, 0.2) is 0 Å². The van der Waals surface area contributed by atoms with Crippen LogP contribution in [0, 0.1) is 31.1 Å². The van der Waals surface area contributed by atoms with Gasteiger partial charge in [0.05, 0.1) is 6.07 Å². The standard InChI is InChI=1S/C13H16N2O/c1-4-11(8-14)13(16)15-12-7-5-6-9(2)10(12)3/h5-7,11H,4H2,1-3H3,(H,15,16). The largest absolute Gasteiger partial charge is 0.325 e. The van der Waals surface area contributed by atoms with Gasteiger partial charge in [-0.2, -0.15) is 5.26 Å². The maximum atomic E-state index is 11.7. The summed E-state index contributed by atoms with van der Waals surface area (Å²) in [5, 5.41) is 11.6. The van der Waals surface area contributed by atoms with Crippen molar-refractivity contribution in [3.05, 3.63) is 29.3 Å². The van der Waals surface area contributed by atoms with E-state index in [0.717, 1.165) is 16.8 Å². The van der Waals surface area contributed by atoms with Crippen molar-refractivity contribution in [2.75, 3.05) is 5.32 Å². The first-order chi connectivity index (χ1) is 7.60. The molecule has 0 saturated heterocycles. The Morgan fingerprint density at radius 3 is 2.75 bits per heavy atom. The van der Waals surface area contributed by atoms with E-state index in [4.69, 9.17) is 5.26 Å². The first-order valence-electron chi connectivity index (χ1n) is 5.36. The number of rotatable bonds is 3. The van der Waals surface area contributed by atoms with E-state index < -0.39 is 5.92 Å². The number of nitriles is 1. The number of hydrogen-bond acceptors (Lipinski definition) is 2. The molecule has 0 fully saturated rings. The smallest absolute Gasteiger partial charge is 0.241 e. The molecule has 1 N–H and O–H groups in total. The number of nitrogens with one attached hydrogen (secondary N) is 1. The van der Waals surface area contributed by atoms with E-state index in [1.54, 1.807) is 0 Å². The summed E-state index contributed by atoms with van der Waals surface area (Å²) in [6.45, 7) is 5.78. The van der Waals surface area contributed by atoms with Crippen LogP contribution in [-0.4, -0.2) is 5.91 Å². The number of anilines is 1. The normalized spacial score (nSPS) is 11.6. The molecule has 0 aliphatic carbocycles. The summed E-state index contributed by atoms with van der Waals surface area (Å²) in [5.41, 5.74) is 2.96. The van der Waals surface area contributed by atoms with Gasteiger partial charge >= 0.3 is 0 Å². The maximum Gasteiger partial charge on any atom is 0.241 e. The minimum atomic E-state index is -0.570. The molecular weight excluding hydrogens is 200 g/mol. The average molecular weight is 216 g/mol. The summed E-state index contributed by atoms with van der Waals surface area (Å²) in [6.07, 6.45) is 0.535. The van der Waals surface area contributed by atoms with Crippen LogP contribution < -0.4 is 5.32 Å².